The van der Waals surface area contributed by atoms with Crippen LogP contribution in [-0.2, 0) is 0 Å². The number of halogens is 4. The van der Waals surface area contributed by atoms with Crippen molar-refractivity contribution in [2.45, 2.75) is 13.1 Å². The van der Waals surface area contributed by atoms with E-state index in [0.717, 1.165) is 17.4 Å². The standard InChI is InChI=1S/C11H10F4N2S/c1-3-7(11(13,14)15)8(12)4-6(2)9-5-18-10(16)17-9/h3-5H,1H2,2H3,(H2,16,17)/b6-4+,8-7-. The average molecular weight is 278 g/mol. The van der Waals surface area contributed by atoms with Gasteiger partial charge in [0.2, 0.25) is 0 Å². The maximum atomic E-state index is 13.5. The summed E-state index contributed by atoms with van der Waals surface area (Å²) in [6.45, 7) is 4.40. The summed E-state index contributed by atoms with van der Waals surface area (Å²) in [5.74, 6) is -1.40. The van der Waals surface area contributed by atoms with Gasteiger partial charge in [0.05, 0.1) is 11.3 Å². The molecule has 0 spiro atoms. The normalized spacial score (nSPS) is 14.4. The Bertz CT molecular complexity index is 511. The number of allylic oxidation sites excluding steroid dienone is 5. The minimum atomic E-state index is -4.77. The fraction of sp³-hybridized carbons (Fsp3) is 0.182. The zero-order valence-corrected chi connectivity index (χ0v) is 10.2. The Hall–Kier alpha value is -1.63. The fourth-order valence-electron chi connectivity index (χ4n) is 1.16. The minimum absolute atomic E-state index is 0.254. The lowest BCUT2D eigenvalue weighted by atomic mass is 10.1. The molecule has 0 amide bonds. The first kappa shape index (κ1) is 14.4. The lowest BCUT2D eigenvalue weighted by molar-refractivity contribution is -0.0896. The molecule has 0 bridgehead atoms. The molecule has 18 heavy (non-hydrogen) atoms. The number of hydrogen-bond acceptors (Lipinski definition) is 3. The number of aromatic nitrogens is 1. The molecule has 0 radical (unpaired) electrons. The van der Waals surface area contributed by atoms with Crippen molar-refractivity contribution >= 4 is 22.0 Å². The van der Waals surface area contributed by atoms with Crippen LogP contribution in [0.4, 0.5) is 22.7 Å². The molecule has 0 aliphatic rings. The highest BCUT2D eigenvalue weighted by Crippen LogP contribution is 2.31. The van der Waals surface area contributed by atoms with Gasteiger partial charge in [-0.15, -0.1) is 11.3 Å². The van der Waals surface area contributed by atoms with E-state index in [4.69, 9.17) is 5.73 Å². The Morgan fingerprint density at radius 3 is 2.50 bits per heavy atom. The number of thiazole rings is 1. The zero-order chi connectivity index (χ0) is 13.9. The highest BCUT2D eigenvalue weighted by Gasteiger charge is 2.34. The Morgan fingerprint density at radius 1 is 1.50 bits per heavy atom. The quantitative estimate of drug-likeness (QED) is 0.667. The first-order valence-electron chi connectivity index (χ1n) is 4.74. The number of nitrogens with two attached hydrogens (primary N) is 1. The highest BCUT2D eigenvalue weighted by molar-refractivity contribution is 7.13. The van der Waals surface area contributed by atoms with Crippen molar-refractivity contribution in [3.8, 4) is 0 Å². The van der Waals surface area contributed by atoms with Gasteiger partial charge in [0.15, 0.2) is 5.13 Å². The van der Waals surface area contributed by atoms with Gasteiger partial charge in [0.1, 0.15) is 5.83 Å². The number of nitrogen functional groups attached to an aromatic ring is 1. The zero-order valence-electron chi connectivity index (χ0n) is 9.38. The summed E-state index contributed by atoms with van der Waals surface area (Å²) in [4.78, 5) is 3.84. The molecule has 1 aromatic rings. The lowest BCUT2D eigenvalue weighted by Gasteiger charge is -2.07. The number of hydrogen-bond donors (Lipinski definition) is 1. The fourth-order valence-corrected chi connectivity index (χ4v) is 1.78. The van der Waals surface area contributed by atoms with Crippen molar-refractivity contribution < 1.29 is 17.6 Å². The van der Waals surface area contributed by atoms with Crippen molar-refractivity contribution in [1.29, 1.82) is 0 Å². The number of nitrogens with zero attached hydrogens (tertiary/aromatic N) is 1. The molecule has 1 aromatic heterocycles. The number of anilines is 1. The van der Waals surface area contributed by atoms with Gasteiger partial charge in [-0.3, -0.25) is 0 Å². The van der Waals surface area contributed by atoms with Crippen LogP contribution in [0, 0.1) is 0 Å². The molecule has 0 atom stereocenters. The third-order valence-corrected chi connectivity index (χ3v) is 2.71. The van der Waals surface area contributed by atoms with Crippen LogP contribution in [0.2, 0.25) is 0 Å². The number of rotatable bonds is 3. The summed E-state index contributed by atoms with van der Waals surface area (Å²) < 4.78 is 50.7. The SMILES string of the molecule is C=C/C(=C(F)\C=C(/C)c1csc(N)n1)C(F)(F)F. The third kappa shape index (κ3) is 3.43. The number of alkyl halides is 3. The Balaban J connectivity index is 3.15. The Morgan fingerprint density at radius 2 is 2.11 bits per heavy atom. The largest absolute Gasteiger partial charge is 0.419 e. The van der Waals surface area contributed by atoms with Gasteiger partial charge in [-0.2, -0.15) is 13.2 Å². The molecular weight excluding hydrogens is 268 g/mol. The van der Waals surface area contributed by atoms with E-state index < -0.39 is 17.6 Å². The summed E-state index contributed by atoms with van der Waals surface area (Å²) in [5, 5.41) is 1.80. The maximum absolute atomic E-state index is 13.5. The molecule has 0 aromatic carbocycles. The monoisotopic (exact) mass is 278 g/mol. The van der Waals surface area contributed by atoms with Gasteiger partial charge in [0.25, 0.3) is 0 Å². The van der Waals surface area contributed by atoms with Crippen molar-refractivity contribution in [3.63, 3.8) is 0 Å². The van der Waals surface area contributed by atoms with Crippen LogP contribution < -0.4 is 5.73 Å². The minimum Gasteiger partial charge on any atom is -0.375 e. The van der Waals surface area contributed by atoms with E-state index in [1.165, 1.54) is 12.3 Å². The molecule has 0 unspecified atom stereocenters. The second-order valence-electron chi connectivity index (χ2n) is 3.36. The summed E-state index contributed by atoms with van der Waals surface area (Å²) in [7, 11) is 0. The Labute approximate surface area is 105 Å². The molecule has 1 rings (SSSR count). The van der Waals surface area contributed by atoms with E-state index >= 15 is 0 Å². The maximum Gasteiger partial charge on any atom is 0.419 e. The summed E-state index contributed by atoms with van der Waals surface area (Å²) in [6, 6.07) is 0. The molecule has 7 heteroatoms. The van der Waals surface area contributed by atoms with Crippen LogP contribution in [0.1, 0.15) is 12.6 Å². The average Bonchev–Trinajstić information content (AvgIpc) is 2.63. The molecule has 2 nitrogen and oxygen atoms in total. The van der Waals surface area contributed by atoms with Crippen LogP contribution in [0.25, 0.3) is 5.57 Å². The van der Waals surface area contributed by atoms with E-state index in [9.17, 15) is 17.6 Å². The molecule has 0 aliphatic heterocycles. The van der Waals surface area contributed by atoms with Crippen molar-refractivity contribution in [3.05, 3.63) is 41.2 Å². The first-order valence-corrected chi connectivity index (χ1v) is 5.62. The van der Waals surface area contributed by atoms with Crippen LogP contribution in [-0.4, -0.2) is 11.2 Å². The van der Waals surface area contributed by atoms with Crippen LogP contribution in [0.3, 0.4) is 0 Å². The van der Waals surface area contributed by atoms with Gasteiger partial charge in [-0.1, -0.05) is 12.7 Å². The van der Waals surface area contributed by atoms with Gasteiger partial charge >= 0.3 is 6.18 Å². The van der Waals surface area contributed by atoms with Gasteiger partial charge in [-0.05, 0) is 18.6 Å². The molecule has 0 fully saturated rings. The topological polar surface area (TPSA) is 38.9 Å². The lowest BCUT2D eigenvalue weighted by Crippen LogP contribution is -2.11. The summed E-state index contributed by atoms with van der Waals surface area (Å²) in [6.07, 6.45) is -3.57. The molecule has 98 valence electrons. The van der Waals surface area contributed by atoms with Crippen molar-refractivity contribution in [2.24, 2.45) is 0 Å². The van der Waals surface area contributed by atoms with E-state index in [1.807, 2.05) is 0 Å². The van der Waals surface area contributed by atoms with E-state index in [0.29, 0.717) is 11.8 Å². The van der Waals surface area contributed by atoms with Crippen LogP contribution >= 0.6 is 11.3 Å². The predicted molar refractivity (Wildman–Crippen MR) is 64.6 cm³/mol. The predicted octanol–water partition coefficient (Wildman–Crippen LogP) is 4.10. The summed E-state index contributed by atoms with van der Waals surface area (Å²) >= 11 is 1.12. The highest BCUT2D eigenvalue weighted by atomic mass is 32.1. The van der Waals surface area contributed by atoms with Crippen molar-refractivity contribution in [2.75, 3.05) is 5.73 Å². The van der Waals surface area contributed by atoms with Crippen LogP contribution in [0.5, 0.6) is 0 Å². The third-order valence-electron chi connectivity index (χ3n) is 2.04. The van der Waals surface area contributed by atoms with Gasteiger partial charge in [0, 0.05) is 5.38 Å². The second-order valence-corrected chi connectivity index (χ2v) is 4.25. The van der Waals surface area contributed by atoms with E-state index in [-0.39, 0.29) is 10.7 Å². The van der Waals surface area contributed by atoms with E-state index in [2.05, 4.69) is 11.6 Å². The second kappa shape index (κ2) is 5.34. The van der Waals surface area contributed by atoms with Gasteiger partial charge < -0.3 is 5.73 Å². The molecule has 0 aliphatic carbocycles. The summed E-state index contributed by atoms with van der Waals surface area (Å²) in [5.41, 5.74) is 4.57. The molecular formula is C11H10F4N2S. The molecule has 0 saturated heterocycles. The first-order chi connectivity index (χ1) is 8.25. The van der Waals surface area contributed by atoms with Crippen molar-refractivity contribution in [1.82, 2.24) is 4.98 Å². The van der Waals surface area contributed by atoms with E-state index in [1.54, 1.807) is 0 Å². The molecule has 1 heterocycles. The smallest absolute Gasteiger partial charge is 0.375 e. The molecule has 0 saturated carbocycles. The van der Waals surface area contributed by atoms with Gasteiger partial charge in [-0.25, -0.2) is 9.37 Å². The van der Waals surface area contributed by atoms with Crippen LogP contribution in [0.15, 0.2) is 35.5 Å². The Kier molecular flexibility index (Phi) is 4.28. The molecule has 2 N–H and O–H groups in total.